The van der Waals surface area contributed by atoms with E-state index >= 15 is 0 Å². The van der Waals surface area contributed by atoms with Crippen molar-refractivity contribution in [3.05, 3.63) is 28.2 Å². The second-order valence-corrected chi connectivity index (χ2v) is 6.69. The van der Waals surface area contributed by atoms with Gasteiger partial charge in [0.05, 0.1) is 16.8 Å². The van der Waals surface area contributed by atoms with Crippen LogP contribution in [0.25, 0.3) is 0 Å². The second-order valence-electron chi connectivity index (χ2n) is 4.87. The van der Waals surface area contributed by atoms with Crippen LogP contribution in [0, 0.1) is 0 Å². The van der Waals surface area contributed by atoms with Crippen LogP contribution in [0.4, 0.5) is 18.9 Å². The fourth-order valence-electron chi connectivity index (χ4n) is 1.69. The number of nitrogens with one attached hydrogen (secondary N) is 1. The average Bonchev–Trinajstić information content (AvgIpc) is 2.73. The molecule has 1 N–H and O–H groups in total. The summed E-state index contributed by atoms with van der Waals surface area (Å²) in [5.74, 6) is 0.836. The third-order valence-corrected chi connectivity index (χ3v) is 5.11. The Kier molecular flexibility index (Phi) is 4.39. The zero-order chi connectivity index (χ0) is 15.0. The normalized spacial score (nSPS) is 22.8. The Labute approximate surface area is 128 Å². The maximum absolute atomic E-state index is 12.7. The molecule has 0 aromatic heterocycles. The molecule has 0 saturated heterocycles. The summed E-state index contributed by atoms with van der Waals surface area (Å²) in [4.78, 5) is 4.53. The van der Waals surface area contributed by atoms with Gasteiger partial charge in [-0.15, -0.1) is 0 Å². The number of alkyl halides is 3. The summed E-state index contributed by atoms with van der Waals surface area (Å²) < 4.78 is 38.7. The van der Waals surface area contributed by atoms with E-state index in [0.717, 1.165) is 24.3 Å². The van der Waals surface area contributed by atoms with Gasteiger partial charge in [0.15, 0.2) is 5.17 Å². The second kappa shape index (κ2) is 5.60. The van der Waals surface area contributed by atoms with Gasteiger partial charge >= 0.3 is 6.18 Å². The quantitative estimate of drug-likeness (QED) is 0.782. The summed E-state index contributed by atoms with van der Waals surface area (Å²) in [5.41, 5.74) is -0.433. The van der Waals surface area contributed by atoms with Crippen molar-refractivity contribution in [2.75, 3.05) is 11.1 Å². The molecule has 7 heteroatoms. The minimum atomic E-state index is -4.35. The predicted octanol–water partition coefficient (Wildman–Crippen LogP) is 5.15. The molecule has 0 radical (unpaired) electrons. The molecule has 1 unspecified atom stereocenters. The fraction of sp³-hybridized carbons (Fsp3) is 0.462. The van der Waals surface area contributed by atoms with Crippen LogP contribution in [-0.4, -0.2) is 16.5 Å². The van der Waals surface area contributed by atoms with Gasteiger partial charge in [-0.25, -0.2) is 0 Å². The Balaban J connectivity index is 2.24. The van der Waals surface area contributed by atoms with Gasteiger partial charge in [0, 0.05) is 10.2 Å². The molecule has 2 rings (SSSR count). The van der Waals surface area contributed by atoms with Crippen LogP contribution in [-0.2, 0) is 6.18 Å². The number of nitrogens with zero attached hydrogens (tertiary/aromatic N) is 1. The molecule has 0 amide bonds. The molecule has 1 heterocycles. The smallest absolute Gasteiger partial charge is 0.334 e. The molecule has 2 nitrogen and oxygen atoms in total. The Morgan fingerprint density at radius 1 is 1.45 bits per heavy atom. The van der Waals surface area contributed by atoms with Crippen molar-refractivity contribution in [3.8, 4) is 0 Å². The third kappa shape index (κ3) is 3.49. The van der Waals surface area contributed by atoms with E-state index in [-0.39, 0.29) is 5.54 Å². The molecule has 110 valence electrons. The third-order valence-electron chi connectivity index (χ3n) is 3.19. The lowest BCUT2D eigenvalue weighted by Gasteiger charge is -2.15. The molecule has 1 aromatic rings. The van der Waals surface area contributed by atoms with Crippen molar-refractivity contribution in [2.45, 2.75) is 32.0 Å². The zero-order valence-electron chi connectivity index (χ0n) is 11.0. The molecule has 0 fully saturated rings. The van der Waals surface area contributed by atoms with E-state index in [9.17, 15) is 13.2 Å². The van der Waals surface area contributed by atoms with Gasteiger partial charge in [-0.1, -0.05) is 18.7 Å². The number of rotatable bonds is 2. The van der Waals surface area contributed by atoms with Crippen molar-refractivity contribution < 1.29 is 13.2 Å². The monoisotopic (exact) mass is 366 g/mol. The molecule has 0 saturated carbocycles. The van der Waals surface area contributed by atoms with Gasteiger partial charge in [0.2, 0.25) is 0 Å². The Bertz CT molecular complexity index is 545. The van der Waals surface area contributed by atoms with Crippen LogP contribution in [0.2, 0.25) is 0 Å². The highest BCUT2D eigenvalue weighted by Gasteiger charge is 2.32. The number of halogens is 4. The van der Waals surface area contributed by atoms with Gasteiger partial charge in [0.1, 0.15) is 0 Å². The van der Waals surface area contributed by atoms with Gasteiger partial charge in [-0.2, -0.15) is 13.2 Å². The van der Waals surface area contributed by atoms with Crippen LogP contribution in [0.15, 0.2) is 27.7 Å². The summed E-state index contributed by atoms with van der Waals surface area (Å²) in [6.07, 6.45) is -3.45. The highest BCUT2D eigenvalue weighted by atomic mass is 79.9. The number of hydrogen-bond donors (Lipinski definition) is 1. The van der Waals surface area contributed by atoms with Crippen LogP contribution in [0.3, 0.4) is 0 Å². The van der Waals surface area contributed by atoms with Crippen molar-refractivity contribution in [3.63, 3.8) is 0 Å². The maximum atomic E-state index is 12.7. The van der Waals surface area contributed by atoms with E-state index in [2.05, 4.69) is 26.2 Å². The van der Waals surface area contributed by atoms with E-state index in [1.54, 1.807) is 0 Å². The number of anilines is 1. The van der Waals surface area contributed by atoms with Crippen molar-refractivity contribution in [2.24, 2.45) is 4.99 Å². The molecule has 20 heavy (non-hydrogen) atoms. The van der Waals surface area contributed by atoms with Gasteiger partial charge in [-0.3, -0.25) is 4.99 Å². The summed E-state index contributed by atoms with van der Waals surface area (Å²) in [6.45, 7) is 4.09. The van der Waals surface area contributed by atoms with Crippen LogP contribution in [0.1, 0.15) is 25.8 Å². The molecule has 1 aliphatic heterocycles. The van der Waals surface area contributed by atoms with E-state index in [1.807, 2.05) is 13.8 Å². The lowest BCUT2D eigenvalue weighted by atomic mass is 10.0. The topological polar surface area (TPSA) is 24.4 Å². The molecular formula is C13H14BrF3N2S. The Morgan fingerprint density at radius 2 is 2.15 bits per heavy atom. The van der Waals surface area contributed by atoms with Gasteiger partial charge in [0.25, 0.3) is 0 Å². The molecule has 0 bridgehead atoms. The lowest BCUT2D eigenvalue weighted by molar-refractivity contribution is -0.137. The van der Waals surface area contributed by atoms with E-state index in [0.29, 0.717) is 15.3 Å². The summed E-state index contributed by atoms with van der Waals surface area (Å²) in [6, 6.07) is 3.54. The van der Waals surface area contributed by atoms with Crippen molar-refractivity contribution >= 4 is 38.5 Å². The first-order valence-corrected chi connectivity index (χ1v) is 7.88. The van der Waals surface area contributed by atoms with E-state index < -0.39 is 11.7 Å². The number of hydrogen-bond acceptors (Lipinski definition) is 3. The first-order valence-electron chi connectivity index (χ1n) is 6.10. The first-order chi connectivity index (χ1) is 9.23. The largest absolute Gasteiger partial charge is 0.416 e. The average molecular weight is 367 g/mol. The molecule has 1 atom stereocenters. The van der Waals surface area contributed by atoms with Crippen LogP contribution in [0.5, 0.6) is 0 Å². The lowest BCUT2D eigenvalue weighted by Crippen LogP contribution is -2.20. The maximum Gasteiger partial charge on any atom is 0.416 e. The van der Waals surface area contributed by atoms with Crippen molar-refractivity contribution in [1.29, 1.82) is 0 Å². The number of benzene rings is 1. The zero-order valence-corrected chi connectivity index (χ0v) is 13.4. The highest BCUT2D eigenvalue weighted by Crippen LogP contribution is 2.36. The highest BCUT2D eigenvalue weighted by molar-refractivity contribution is 9.10. The molecule has 1 aromatic carbocycles. The number of aliphatic imine (C=N–C) groups is 1. The first kappa shape index (κ1) is 15.7. The predicted molar refractivity (Wildman–Crippen MR) is 81.4 cm³/mol. The van der Waals surface area contributed by atoms with Crippen LogP contribution >= 0.6 is 27.7 Å². The minimum absolute atomic E-state index is 0.138. The number of amidine groups is 1. The van der Waals surface area contributed by atoms with Crippen LogP contribution < -0.4 is 5.32 Å². The van der Waals surface area contributed by atoms with E-state index in [1.165, 1.54) is 17.8 Å². The minimum Gasteiger partial charge on any atom is -0.334 e. The SMILES string of the molecule is CCC1(C)CSC(Nc2cc(C(F)(F)F)ccc2Br)=N1. The molecule has 1 aliphatic rings. The molecular weight excluding hydrogens is 353 g/mol. The van der Waals surface area contributed by atoms with Gasteiger partial charge < -0.3 is 5.32 Å². The summed E-state index contributed by atoms with van der Waals surface area (Å²) >= 11 is 4.78. The molecule has 0 aliphatic carbocycles. The molecule has 0 spiro atoms. The Hall–Kier alpha value is -0.690. The fourth-order valence-corrected chi connectivity index (χ4v) is 3.22. The standard InChI is InChI=1S/C13H14BrF3N2S/c1-3-12(2)7-20-11(19-12)18-10-6-8(13(15,16)17)4-5-9(10)14/h4-6H,3,7H2,1-2H3,(H,18,19). The summed E-state index contributed by atoms with van der Waals surface area (Å²) in [7, 11) is 0. The summed E-state index contributed by atoms with van der Waals surface area (Å²) in [5, 5.41) is 3.64. The van der Waals surface area contributed by atoms with Crippen molar-refractivity contribution in [1.82, 2.24) is 0 Å². The Morgan fingerprint density at radius 3 is 2.70 bits per heavy atom. The van der Waals surface area contributed by atoms with E-state index in [4.69, 9.17) is 0 Å². The number of thioether (sulfide) groups is 1. The van der Waals surface area contributed by atoms with Gasteiger partial charge in [-0.05, 0) is 47.5 Å².